The summed E-state index contributed by atoms with van der Waals surface area (Å²) in [5.74, 6) is -3.01. The summed E-state index contributed by atoms with van der Waals surface area (Å²) in [6.07, 6.45) is -0.0907. The Balaban J connectivity index is 2.75. The number of rotatable bonds is 5. The third-order valence-electron chi connectivity index (χ3n) is 2.33. The van der Waals surface area contributed by atoms with Crippen LogP contribution in [0.25, 0.3) is 0 Å². The highest BCUT2D eigenvalue weighted by Gasteiger charge is 2.21. The van der Waals surface area contributed by atoms with Gasteiger partial charge in [0, 0.05) is 0 Å². The molecule has 0 amide bonds. The van der Waals surface area contributed by atoms with E-state index >= 15 is 0 Å². The zero-order valence-electron chi connectivity index (χ0n) is 9.01. The Morgan fingerprint density at radius 2 is 2.00 bits per heavy atom. The highest BCUT2D eigenvalue weighted by molar-refractivity contribution is 5.78. The van der Waals surface area contributed by atoms with Crippen LogP contribution in [0.15, 0.2) is 24.3 Å². The molecule has 1 aromatic carbocycles. The van der Waals surface area contributed by atoms with Crippen LogP contribution in [0.2, 0.25) is 0 Å². The summed E-state index contributed by atoms with van der Waals surface area (Å²) in [6, 6.07) is 7.43. The van der Waals surface area contributed by atoms with E-state index in [1.54, 1.807) is 0 Å². The molecule has 0 saturated carbocycles. The molecule has 4 nitrogen and oxygen atoms in total. The van der Waals surface area contributed by atoms with Crippen molar-refractivity contribution in [3.63, 3.8) is 0 Å². The van der Waals surface area contributed by atoms with Gasteiger partial charge in [0.05, 0.1) is 12.3 Å². The molecule has 16 heavy (non-hydrogen) atoms. The zero-order chi connectivity index (χ0) is 12.1. The summed E-state index contributed by atoms with van der Waals surface area (Å²) in [4.78, 5) is 21.4. The van der Waals surface area contributed by atoms with E-state index in [0.29, 0.717) is 0 Å². The lowest BCUT2D eigenvalue weighted by atomic mass is 9.95. The van der Waals surface area contributed by atoms with Crippen molar-refractivity contribution in [2.45, 2.75) is 19.8 Å². The third-order valence-corrected chi connectivity index (χ3v) is 2.33. The Morgan fingerprint density at radius 1 is 1.31 bits per heavy atom. The van der Waals surface area contributed by atoms with Crippen molar-refractivity contribution in [3.05, 3.63) is 35.4 Å². The Morgan fingerprint density at radius 3 is 2.50 bits per heavy atom. The smallest absolute Gasteiger partial charge is 0.307 e. The summed E-state index contributed by atoms with van der Waals surface area (Å²) in [6.45, 7) is 1.91. The SMILES string of the molecule is Cc1cccc(C[C@@H](CC(=O)O)C(=O)O)c1. The molecule has 1 atom stereocenters. The predicted molar refractivity (Wildman–Crippen MR) is 58.3 cm³/mol. The van der Waals surface area contributed by atoms with Crippen LogP contribution in [-0.2, 0) is 16.0 Å². The molecule has 2 N–H and O–H groups in total. The molecule has 0 unspecified atom stereocenters. The normalized spacial score (nSPS) is 12.1. The van der Waals surface area contributed by atoms with Gasteiger partial charge in [-0.25, -0.2) is 0 Å². The molecule has 1 aromatic rings. The number of carboxylic acids is 2. The molecule has 0 aliphatic carbocycles. The fraction of sp³-hybridized carbons (Fsp3) is 0.333. The molecule has 0 aliphatic rings. The molecule has 1 rings (SSSR count). The highest BCUT2D eigenvalue weighted by Crippen LogP contribution is 2.14. The van der Waals surface area contributed by atoms with Crippen molar-refractivity contribution in [2.75, 3.05) is 0 Å². The molecular formula is C12H14O4. The van der Waals surface area contributed by atoms with Gasteiger partial charge in [-0.2, -0.15) is 0 Å². The first-order valence-electron chi connectivity index (χ1n) is 4.99. The van der Waals surface area contributed by atoms with Gasteiger partial charge >= 0.3 is 11.9 Å². The van der Waals surface area contributed by atoms with Crippen molar-refractivity contribution in [2.24, 2.45) is 5.92 Å². The molecular weight excluding hydrogens is 208 g/mol. The quantitative estimate of drug-likeness (QED) is 0.795. The summed E-state index contributed by atoms with van der Waals surface area (Å²) in [7, 11) is 0. The topological polar surface area (TPSA) is 74.6 Å². The maximum atomic E-state index is 10.9. The molecule has 0 heterocycles. The molecule has 0 bridgehead atoms. The maximum absolute atomic E-state index is 10.9. The number of benzene rings is 1. The van der Waals surface area contributed by atoms with Gasteiger partial charge in [-0.3, -0.25) is 9.59 Å². The summed E-state index contributed by atoms with van der Waals surface area (Å²) >= 11 is 0. The van der Waals surface area contributed by atoms with Crippen molar-refractivity contribution in [3.8, 4) is 0 Å². The third kappa shape index (κ3) is 3.73. The fourth-order valence-electron chi connectivity index (χ4n) is 1.58. The summed E-state index contributed by atoms with van der Waals surface area (Å²) < 4.78 is 0. The van der Waals surface area contributed by atoms with Crippen molar-refractivity contribution >= 4 is 11.9 Å². The average Bonchev–Trinajstić information content (AvgIpc) is 2.15. The predicted octanol–water partition coefficient (Wildman–Crippen LogP) is 1.71. The van der Waals surface area contributed by atoms with E-state index in [4.69, 9.17) is 10.2 Å². The van der Waals surface area contributed by atoms with E-state index in [1.165, 1.54) is 0 Å². The number of aryl methyl sites for hydroxylation is 1. The lowest BCUT2D eigenvalue weighted by Gasteiger charge is -2.10. The first-order chi connectivity index (χ1) is 7.49. The summed E-state index contributed by atoms with van der Waals surface area (Å²) in [5, 5.41) is 17.5. The first kappa shape index (κ1) is 12.2. The molecule has 86 valence electrons. The van der Waals surface area contributed by atoms with Crippen molar-refractivity contribution < 1.29 is 19.8 Å². The van der Waals surface area contributed by atoms with Gasteiger partial charge < -0.3 is 10.2 Å². The molecule has 0 aromatic heterocycles. The van der Waals surface area contributed by atoms with Gasteiger partial charge in [-0.15, -0.1) is 0 Å². The van der Waals surface area contributed by atoms with Crippen LogP contribution in [0.3, 0.4) is 0 Å². The van der Waals surface area contributed by atoms with E-state index in [2.05, 4.69) is 0 Å². The summed E-state index contributed by atoms with van der Waals surface area (Å²) in [5.41, 5.74) is 1.89. The maximum Gasteiger partial charge on any atom is 0.307 e. The number of aliphatic carboxylic acids is 2. The van der Waals surface area contributed by atoms with Gasteiger partial charge in [0.1, 0.15) is 0 Å². The molecule has 0 saturated heterocycles. The number of hydrogen-bond acceptors (Lipinski definition) is 2. The van der Waals surface area contributed by atoms with Gasteiger partial charge in [0.15, 0.2) is 0 Å². The van der Waals surface area contributed by atoms with E-state index in [1.807, 2.05) is 31.2 Å². The minimum atomic E-state index is -1.08. The minimum Gasteiger partial charge on any atom is -0.481 e. The highest BCUT2D eigenvalue weighted by atomic mass is 16.4. The number of carbonyl (C=O) groups is 2. The molecule has 0 fully saturated rings. The second-order valence-electron chi connectivity index (χ2n) is 3.83. The second-order valence-corrected chi connectivity index (χ2v) is 3.83. The van der Waals surface area contributed by atoms with Crippen LogP contribution < -0.4 is 0 Å². The number of hydrogen-bond donors (Lipinski definition) is 2. The molecule has 0 spiro atoms. The van der Waals surface area contributed by atoms with Crippen LogP contribution >= 0.6 is 0 Å². The van der Waals surface area contributed by atoms with Crippen LogP contribution in [-0.4, -0.2) is 22.2 Å². The van der Waals surface area contributed by atoms with E-state index < -0.39 is 17.9 Å². The van der Waals surface area contributed by atoms with Crippen LogP contribution in [0.5, 0.6) is 0 Å². The Bertz CT molecular complexity index is 398. The number of carboxylic acid groups (broad SMARTS) is 2. The van der Waals surface area contributed by atoms with Gasteiger partial charge in [-0.05, 0) is 18.9 Å². The van der Waals surface area contributed by atoms with Crippen LogP contribution in [0, 0.1) is 12.8 Å². The fourth-order valence-corrected chi connectivity index (χ4v) is 1.58. The second kappa shape index (κ2) is 5.30. The van der Waals surface area contributed by atoms with E-state index in [-0.39, 0.29) is 12.8 Å². The Labute approximate surface area is 93.5 Å². The lowest BCUT2D eigenvalue weighted by Crippen LogP contribution is -2.20. The average molecular weight is 222 g/mol. The lowest BCUT2D eigenvalue weighted by molar-refractivity contribution is -0.148. The molecule has 0 aliphatic heterocycles. The van der Waals surface area contributed by atoms with Crippen LogP contribution in [0.1, 0.15) is 17.5 Å². The Kier molecular flexibility index (Phi) is 4.05. The van der Waals surface area contributed by atoms with Gasteiger partial charge in [0.25, 0.3) is 0 Å². The standard InChI is InChI=1S/C12H14O4/c1-8-3-2-4-9(5-8)6-10(12(15)16)7-11(13)14/h2-5,10H,6-7H2,1H3,(H,13,14)(H,15,16)/t10-/m0/s1. The van der Waals surface area contributed by atoms with Crippen LogP contribution in [0.4, 0.5) is 0 Å². The monoisotopic (exact) mass is 222 g/mol. The largest absolute Gasteiger partial charge is 0.481 e. The zero-order valence-corrected chi connectivity index (χ0v) is 9.01. The molecule has 4 heteroatoms. The first-order valence-corrected chi connectivity index (χ1v) is 4.99. The van der Waals surface area contributed by atoms with Crippen molar-refractivity contribution in [1.29, 1.82) is 0 Å². The minimum absolute atomic E-state index is 0.253. The Hall–Kier alpha value is -1.84. The van der Waals surface area contributed by atoms with E-state index in [9.17, 15) is 9.59 Å². The van der Waals surface area contributed by atoms with Gasteiger partial charge in [-0.1, -0.05) is 29.8 Å². The van der Waals surface area contributed by atoms with Crippen molar-refractivity contribution in [1.82, 2.24) is 0 Å². The van der Waals surface area contributed by atoms with E-state index in [0.717, 1.165) is 11.1 Å². The molecule has 0 radical (unpaired) electrons. The van der Waals surface area contributed by atoms with Gasteiger partial charge in [0.2, 0.25) is 0 Å².